The van der Waals surface area contributed by atoms with Crippen LogP contribution in [0.4, 0.5) is 20.2 Å². The maximum absolute atomic E-state index is 12.7. The fraction of sp³-hybridized carbons (Fsp3) is 0.250. The molecule has 0 heterocycles. The van der Waals surface area contributed by atoms with E-state index in [-0.39, 0.29) is 11.7 Å². The van der Waals surface area contributed by atoms with E-state index < -0.39 is 31.1 Å². The number of halogens is 3. The van der Waals surface area contributed by atoms with Crippen LogP contribution >= 0.6 is 11.6 Å². The lowest BCUT2D eigenvalue weighted by molar-refractivity contribution is -0.384. The lowest BCUT2D eigenvalue weighted by Gasteiger charge is -2.16. The normalized spacial score (nSPS) is 16.5. The number of aryl methyl sites for hydroxylation is 1. The molecule has 0 saturated heterocycles. The van der Waals surface area contributed by atoms with Gasteiger partial charge in [-0.1, -0.05) is 17.7 Å². The highest BCUT2D eigenvalue weighted by molar-refractivity contribution is 7.91. The minimum atomic E-state index is -4.91. The number of anilines is 1. The predicted molar refractivity (Wildman–Crippen MR) is 92.4 cm³/mol. The van der Waals surface area contributed by atoms with Crippen LogP contribution in [0.1, 0.15) is 23.6 Å². The number of hydrogen-bond acceptors (Lipinski definition) is 5. The first-order chi connectivity index (χ1) is 12.2. The zero-order chi connectivity index (χ0) is 19.1. The van der Waals surface area contributed by atoms with Crippen molar-refractivity contribution in [2.75, 3.05) is 5.32 Å². The maximum Gasteiger partial charge on any atom is 0.341 e. The van der Waals surface area contributed by atoms with Gasteiger partial charge in [-0.3, -0.25) is 10.1 Å². The molecule has 0 fully saturated rings. The Labute approximate surface area is 152 Å². The summed E-state index contributed by atoms with van der Waals surface area (Å²) in [6, 6.07) is 7.87. The molecule has 10 heteroatoms. The first-order valence-electron chi connectivity index (χ1n) is 7.55. The van der Waals surface area contributed by atoms with Gasteiger partial charge in [-0.05, 0) is 48.2 Å². The van der Waals surface area contributed by atoms with E-state index in [2.05, 4.69) is 5.32 Å². The predicted octanol–water partition coefficient (Wildman–Crippen LogP) is 4.34. The van der Waals surface area contributed by atoms with Crippen molar-refractivity contribution < 1.29 is 22.1 Å². The monoisotopic (exact) mass is 402 g/mol. The summed E-state index contributed by atoms with van der Waals surface area (Å²) in [4.78, 5) is 9.71. The second-order valence-electron chi connectivity index (χ2n) is 5.82. The van der Waals surface area contributed by atoms with Crippen molar-refractivity contribution in [2.45, 2.75) is 29.5 Å². The summed E-state index contributed by atoms with van der Waals surface area (Å²) in [6.07, 6.45) is 1.41. The van der Waals surface area contributed by atoms with Gasteiger partial charge in [0.1, 0.15) is 5.69 Å². The van der Waals surface area contributed by atoms with Crippen LogP contribution in [-0.2, 0) is 16.3 Å². The van der Waals surface area contributed by atoms with E-state index >= 15 is 0 Å². The van der Waals surface area contributed by atoms with Crippen LogP contribution < -0.4 is 5.32 Å². The molecule has 0 aliphatic heterocycles. The Kier molecular flexibility index (Phi) is 4.85. The molecular weight excluding hydrogens is 390 g/mol. The minimum Gasteiger partial charge on any atom is -0.373 e. The van der Waals surface area contributed by atoms with Crippen molar-refractivity contribution in [3.63, 3.8) is 0 Å². The zero-order valence-electron chi connectivity index (χ0n) is 13.2. The van der Waals surface area contributed by atoms with E-state index in [0.717, 1.165) is 29.7 Å². The van der Waals surface area contributed by atoms with Crippen LogP contribution in [0.3, 0.4) is 0 Å². The van der Waals surface area contributed by atoms with Crippen LogP contribution in [-0.4, -0.2) is 19.1 Å². The first kappa shape index (κ1) is 18.5. The molecule has 2 aromatic rings. The van der Waals surface area contributed by atoms with Gasteiger partial charge in [0.25, 0.3) is 5.69 Å². The summed E-state index contributed by atoms with van der Waals surface area (Å²) in [5.74, 6) is -3.65. The van der Waals surface area contributed by atoms with Gasteiger partial charge >= 0.3 is 5.76 Å². The molecule has 1 aliphatic carbocycles. The second-order valence-corrected chi connectivity index (χ2v) is 8.17. The Morgan fingerprint density at radius 1 is 1.23 bits per heavy atom. The maximum atomic E-state index is 12.7. The van der Waals surface area contributed by atoms with Gasteiger partial charge in [-0.25, -0.2) is 8.42 Å². The fourth-order valence-corrected chi connectivity index (χ4v) is 3.92. The highest BCUT2D eigenvalue weighted by Gasteiger charge is 2.30. The number of sulfone groups is 1. The first-order valence-corrected chi connectivity index (χ1v) is 9.48. The van der Waals surface area contributed by atoms with Crippen LogP contribution in [0.25, 0.3) is 0 Å². The van der Waals surface area contributed by atoms with Crippen LogP contribution in [0.2, 0.25) is 5.02 Å². The third-order valence-electron chi connectivity index (χ3n) is 4.24. The van der Waals surface area contributed by atoms with E-state index in [1.807, 2.05) is 12.1 Å². The van der Waals surface area contributed by atoms with Crippen molar-refractivity contribution in [1.29, 1.82) is 0 Å². The molecular formula is C16H13ClF2N2O4S. The molecule has 0 bridgehead atoms. The highest BCUT2D eigenvalue weighted by atomic mass is 35.5. The fourth-order valence-electron chi connectivity index (χ4n) is 2.99. The smallest absolute Gasteiger partial charge is 0.341 e. The largest absolute Gasteiger partial charge is 0.373 e. The van der Waals surface area contributed by atoms with Crippen molar-refractivity contribution >= 4 is 32.8 Å². The highest BCUT2D eigenvalue weighted by Crippen LogP contribution is 2.38. The van der Waals surface area contributed by atoms with Gasteiger partial charge in [-0.2, -0.15) is 8.78 Å². The molecule has 6 nitrogen and oxygen atoms in total. The molecule has 138 valence electrons. The average molecular weight is 403 g/mol. The van der Waals surface area contributed by atoms with Gasteiger partial charge in [0.2, 0.25) is 9.84 Å². The van der Waals surface area contributed by atoms with E-state index in [0.29, 0.717) is 17.5 Å². The number of nitro groups is 1. The molecule has 0 radical (unpaired) electrons. The Balaban J connectivity index is 1.96. The minimum absolute atomic E-state index is 0.0658. The number of hydrogen-bond donors (Lipinski definition) is 1. The molecule has 1 unspecified atom stereocenters. The van der Waals surface area contributed by atoms with E-state index in [1.165, 1.54) is 0 Å². The third kappa shape index (κ3) is 3.36. The van der Waals surface area contributed by atoms with E-state index in [1.54, 1.807) is 6.07 Å². The molecule has 1 N–H and O–H groups in total. The summed E-state index contributed by atoms with van der Waals surface area (Å²) in [6.45, 7) is 0. The second kappa shape index (κ2) is 6.81. The van der Waals surface area contributed by atoms with Gasteiger partial charge in [0.15, 0.2) is 0 Å². The Bertz CT molecular complexity index is 982. The summed E-state index contributed by atoms with van der Waals surface area (Å²) in [7, 11) is -4.91. The number of benzene rings is 2. The van der Waals surface area contributed by atoms with Crippen molar-refractivity contribution in [1.82, 2.24) is 0 Å². The van der Waals surface area contributed by atoms with Gasteiger partial charge in [-0.15, -0.1) is 0 Å². The zero-order valence-corrected chi connectivity index (χ0v) is 14.7. The molecule has 1 atom stereocenters. The summed E-state index contributed by atoms with van der Waals surface area (Å²) in [5.41, 5.74) is 1.45. The van der Waals surface area contributed by atoms with Gasteiger partial charge in [0.05, 0.1) is 15.9 Å². The summed E-state index contributed by atoms with van der Waals surface area (Å²) in [5, 5.41) is 14.9. The Hall–Kier alpha value is -2.26. The third-order valence-corrected chi connectivity index (χ3v) is 5.86. The van der Waals surface area contributed by atoms with Crippen LogP contribution in [0.5, 0.6) is 0 Å². The SMILES string of the molecule is O=[N+]([O-])c1cc(S(=O)(=O)C(F)F)ccc1NC1CCc2cc(Cl)ccc21. The van der Waals surface area contributed by atoms with Crippen LogP contribution in [0, 0.1) is 10.1 Å². The Morgan fingerprint density at radius 2 is 1.96 bits per heavy atom. The molecule has 1 aliphatic rings. The molecule has 2 aromatic carbocycles. The Morgan fingerprint density at radius 3 is 2.62 bits per heavy atom. The molecule has 0 spiro atoms. The number of rotatable bonds is 5. The topological polar surface area (TPSA) is 89.3 Å². The van der Waals surface area contributed by atoms with Crippen molar-refractivity contribution in [3.05, 3.63) is 62.7 Å². The number of alkyl halides is 2. The molecule has 0 aromatic heterocycles. The lowest BCUT2D eigenvalue weighted by atomic mass is 10.1. The van der Waals surface area contributed by atoms with Gasteiger partial charge in [0, 0.05) is 11.1 Å². The number of nitrogens with zero attached hydrogens (tertiary/aromatic N) is 1. The summed E-state index contributed by atoms with van der Waals surface area (Å²) < 4.78 is 48.5. The van der Waals surface area contributed by atoms with E-state index in [9.17, 15) is 27.3 Å². The number of nitrogens with one attached hydrogen (secondary N) is 1. The quantitative estimate of drug-likeness (QED) is 0.593. The summed E-state index contributed by atoms with van der Waals surface area (Å²) >= 11 is 5.96. The molecule has 3 rings (SSSR count). The molecule has 0 amide bonds. The van der Waals surface area contributed by atoms with Gasteiger partial charge < -0.3 is 5.32 Å². The number of fused-ring (bicyclic) bond motifs is 1. The van der Waals surface area contributed by atoms with Crippen LogP contribution in [0.15, 0.2) is 41.3 Å². The van der Waals surface area contributed by atoms with Crippen molar-refractivity contribution in [3.8, 4) is 0 Å². The molecule has 26 heavy (non-hydrogen) atoms. The average Bonchev–Trinajstić information content (AvgIpc) is 2.96. The van der Waals surface area contributed by atoms with E-state index in [4.69, 9.17) is 11.6 Å². The standard InChI is InChI=1S/C16H13ClF2N2O4S/c17-10-2-4-12-9(7-10)1-5-13(12)20-14-6-3-11(8-15(14)21(22)23)26(24,25)16(18)19/h2-4,6-8,13,16,20H,1,5H2. The van der Waals surface area contributed by atoms with Crippen molar-refractivity contribution in [2.24, 2.45) is 0 Å². The molecule has 0 saturated carbocycles. The number of nitro benzene ring substituents is 1. The lowest BCUT2D eigenvalue weighted by Crippen LogP contribution is -2.13.